The van der Waals surface area contributed by atoms with Gasteiger partial charge in [0.25, 0.3) is 0 Å². The summed E-state index contributed by atoms with van der Waals surface area (Å²) in [6.07, 6.45) is 2.63. The van der Waals surface area contributed by atoms with Crippen molar-refractivity contribution < 1.29 is 8.42 Å². The summed E-state index contributed by atoms with van der Waals surface area (Å²) in [5.74, 6) is 0. The number of hydrogen-bond donors (Lipinski definition) is 2. The fourth-order valence-corrected chi connectivity index (χ4v) is 5.23. The highest BCUT2D eigenvalue weighted by atomic mass is 79.9. The molecule has 0 amide bonds. The van der Waals surface area contributed by atoms with Crippen molar-refractivity contribution in [2.24, 2.45) is 5.73 Å². The molecule has 2 rings (SSSR count). The van der Waals surface area contributed by atoms with E-state index in [1.54, 1.807) is 12.1 Å². The van der Waals surface area contributed by atoms with Gasteiger partial charge in [0.1, 0.15) is 0 Å². The predicted octanol–water partition coefficient (Wildman–Crippen LogP) is 2.68. The van der Waals surface area contributed by atoms with Crippen LogP contribution in [0.4, 0.5) is 0 Å². The Labute approximate surface area is 130 Å². The molecular weight excluding hydrogens is 396 g/mol. The van der Waals surface area contributed by atoms with Crippen LogP contribution < -0.4 is 10.5 Å². The highest BCUT2D eigenvalue weighted by Crippen LogP contribution is 2.29. The lowest BCUT2D eigenvalue weighted by molar-refractivity contribution is 0.522. The fraction of sp³-hybridized carbons (Fsp3) is 0.500. The Balaban J connectivity index is 2.32. The first-order valence-corrected chi connectivity index (χ1v) is 9.12. The molecule has 0 aliphatic heterocycles. The van der Waals surface area contributed by atoms with Gasteiger partial charge in [-0.1, -0.05) is 22.4 Å². The summed E-state index contributed by atoms with van der Waals surface area (Å²) < 4.78 is 28.8. The van der Waals surface area contributed by atoms with Crippen LogP contribution in [-0.4, -0.2) is 20.5 Å². The maximum Gasteiger partial charge on any atom is 0.242 e. The van der Waals surface area contributed by atoms with Crippen molar-refractivity contribution in [3.8, 4) is 0 Å². The van der Waals surface area contributed by atoms with Crippen LogP contribution in [0.2, 0.25) is 0 Å². The number of halogens is 2. The van der Waals surface area contributed by atoms with Crippen molar-refractivity contribution in [1.29, 1.82) is 0 Å². The SMILES string of the molecule is Cc1cc(Br)c(S(=O)(=O)NC2CCCC2N)cc1Br. The Morgan fingerprint density at radius 1 is 1.26 bits per heavy atom. The molecule has 0 aromatic heterocycles. The number of hydrogen-bond acceptors (Lipinski definition) is 3. The van der Waals surface area contributed by atoms with Gasteiger partial charge >= 0.3 is 0 Å². The van der Waals surface area contributed by atoms with Crippen molar-refractivity contribution in [1.82, 2.24) is 4.72 Å². The zero-order valence-electron chi connectivity index (χ0n) is 10.5. The normalized spacial score (nSPS) is 23.8. The van der Waals surface area contributed by atoms with E-state index in [1.807, 2.05) is 6.92 Å². The molecule has 1 aliphatic rings. The fourth-order valence-electron chi connectivity index (χ4n) is 2.23. The highest BCUT2D eigenvalue weighted by molar-refractivity contribution is 9.11. The molecule has 1 fully saturated rings. The standard InChI is InChI=1S/C12H16Br2N2O2S/c1-7-5-9(14)12(6-8(7)13)19(17,18)16-11-4-2-3-10(11)15/h5-6,10-11,16H,2-4,15H2,1H3. The molecule has 1 saturated carbocycles. The van der Waals surface area contributed by atoms with Gasteiger partial charge in [0.2, 0.25) is 10.0 Å². The second-order valence-electron chi connectivity index (χ2n) is 4.85. The zero-order valence-corrected chi connectivity index (χ0v) is 14.5. The molecule has 1 aliphatic carbocycles. The summed E-state index contributed by atoms with van der Waals surface area (Å²) in [5, 5.41) is 0. The molecule has 1 aromatic rings. The Kier molecular flexibility index (Phi) is 4.72. The first kappa shape index (κ1) is 15.4. The van der Waals surface area contributed by atoms with Crippen molar-refractivity contribution in [3.63, 3.8) is 0 Å². The van der Waals surface area contributed by atoms with Crippen LogP contribution >= 0.6 is 31.9 Å². The van der Waals surface area contributed by atoms with Crippen LogP contribution in [0.15, 0.2) is 26.0 Å². The molecule has 0 heterocycles. The van der Waals surface area contributed by atoms with Gasteiger partial charge in [-0.2, -0.15) is 0 Å². The topological polar surface area (TPSA) is 72.2 Å². The van der Waals surface area contributed by atoms with E-state index >= 15 is 0 Å². The number of rotatable bonds is 3. The third-order valence-electron chi connectivity index (χ3n) is 3.38. The molecule has 4 nitrogen and oxygen atoms in total. The molecule has 7 heteroatoms. The van der Waals surface area contributed by atoms with Crippen molar-refractivity contribution >= 4 is 41.9 Å². The summed E-state index contributed by atoms with van der Waals surface area (Å²) in [6, 6.07) is 3.13. The predicted molar refractivity (Wildman–Crippen MR) is 82.5 cm³/mol. The van der Waals surface area contributed by atoms with Gasteiger partial charge < -0.3 is 5.73 Å². The smallest absolute Gasteiger partial charge is 0.242 e. The van der Waals surface area contributed by atoms with Gasteiger partial charge in [-0.3, -0.25) is 0 Å². The summed E-state index contributed by atoms with van der Waals surface area (Å²) in [4.78, 5) is 0.240. The van der Waals surface area contributed by atoms with Crippen LogP contribution in [0, 0.1) is 6.92 Å². The second-order valence-corrected chi connectivity index (χ2v) is 8.25. The quantitative estimate of drug-likeness (QED) is 0.802. The minimum absolute atomic E-state index is 0.0950. The number of nitrogens with two attached hydrogens (primary N) is 1. The molecular formula is C12H16Br2N2O2S. The van der Waals surface area contributed by atoms with Gasteiger partial charge in [-0.05, 0) is 53.4 Å². The summed E-state index contributed by atoms with van der Waals surface area (Å²) in [6.45, 7) is 1.91. The molecule has 0 spiro atoms. The second kappa shape index (κ2) is 5.81. The van der Waals surface area contributed by atoms with Gasteiger partial charge in [-0.15, -0.1) is 0 Å². The first-order chi connectivity index (χ1) is 8.81. The lowest BCUT2D eigenvalue weighted by atomic mass is 10.2. The monoisotopic (exact) mass is 410 g/mol. The van der Waals surface area contributed by atoms with Crippen LogP contribution in [0.1, 0.15) is 24.8 Å². The highest BCUT2D eigenvalue weighted by Gasteiger charge is 2.29. The van der Waals surface area contributed by atoms with Crippen molar-refractivity contribution in [2.45, 2.75) is 43.2 Å². The van der Waals surface area contributed by atoms with Gasteiger partial charge in [0.15, 0.2) is 0 Å². The van der Waals surface area contributed by atoms with E-state index in [4.69, 9.17) is 5.73 Å². The first-order valence-electron chi connectivity index (χ1n) is 6.05. The maximum absolute atomic E-state index is 12.4. The van der Waals surface area contributed by atoms with E-state index in [1.165, 1.54) is 0 Å². The Morgan fingerprint density at radius 2 is 1.95 bits per heavy atom. The molecule has 2 atom stereocenters. The maximum atomic E-state index is 12.4. The zero-order chi connectivity index (χ0) is 14.2. The van der Waals surface area contributed by atoms with Crippen LogP contribution in [0.5, 0.6) is 0 Å². The number of benzene rings is 1. The molecule has 0 bridgehead atoms. The lowest BCUT2D eigenvalue weighted by Gasteiger charge is -2.18. The molecule has 0 radical (unpaired) electrons. The summed E-state index contributed by atoms with van der Waals surface area (Å²) in [5.41, 5.74) is 6.88. The Morgan fingerprint density at radius 3 is 2.53 bits per heavy atom. The lowest BCUT2D eigenvalue weighted by Crippen LogP contribution is -2.43. The largest absolute Gasteiger partial charge is 0.326 e. The average Bonchev–Trinajstić information content (AvgIpc) is 2.69. The van der Waals surface area contributed by atoms with E-state index in [9.17, 15) is 8.42 Å². The van der Waals surface area contributed by atoms with E-state index in [0.29, 0.717) is 4.47 Å². The van der Waals surface area contributed by atoms with E-state index in [0.717, 1.165) is 29.3 Å². The molecule has 19 heavy (non-hydrogen) atoms. The minimum Gasteiger partial charge on any atom is -0.326 e. The molecule has 2 unspecified atom stereocenters. The van der Waals surface area contributed by atoms with Gasteiger partial charge in [-0.25, -0.2) is 13.1 Å². The third kappa shape index (κ3) is 3.39. The van der Waals surface area contributed by atoms with Crippen LogP contribution in [-0.2, 0) is 10.0 Å². The Hall–Kier alpha value is 0.0500. The summed E-state index contributed by atoms with van der Waals surface area (Å²) in [7, 11) is -3.55. The molecule has 106 valence electrons. The molecule has 3 N–H and O–H groups in total. The van der Waals surface area contributed by atoms with E-state index in [-0.39, 0.29) is 17.0 Å². The number of sulfonamides is 1. The van der Waals surface area contributed by atoms with E-state index < -0.39 is 10.0 Å². The minimum atomic E-state index is -3.55. The number of nitrogens with one attached hydrogen (secondary N) is 1. The molecule has 0 saturated heterocycles. The Bertz CT molecular complexity index is 590. The van der Waals surface area contributed by atoms with Crippen LogP contribution in [0.3, 0.4) is 0 Å². The van der Waals surface area contributed by atoms with Crippen molar-refractivity contribution in [2.75, 3.05) is 0 Å². The van der Waals surface area contributed by atoms with Gasteiger partial charge in [0.05, 0.1) is 4.90 Å². The average molecular weight is 412 g/mol. The summed E-state index contributed by atoms with van der Waals surface area (Å²) >= 11 is 6.67. The van der Waals surface area contributed by atoms with E-state index in [2.05, 4.69) is 36.6 Å². The van der Waals surface area contributed by atoms with Crippen molar-refractivity contribution in [3.05, 3.63) is 26.6 Å². The number of aryl methyl sites for hydroxylation is 1. The van der Waals surface area contributed by atoms with Gasteiger partial charge in [0, 0.05) is 21.0 Å². The molecule has 1 aromatic carbocycles. The third-order valence-corrected chi connectivity index (χ3v) is 6.68. The van der Waals surface area contributed by atoms with Crippen LogP contribution in [0.25, 0.3) is 0 Å².